The smallest absolute Gasteiger partial charge is 0.250 e. The molecule has 0 aliphatic carbocycles. The molecule has 4 heterocycles. The van der Waals surface area contributed by atoms with Crippen LogP contribution in [0.25, 0.3) is 0 Å². The number of morpholine rings is 1. The number of amides is 1. The first-order valence-corrected chi connectivity index (χ1v) is 14.6. The third-order valence-electron chi connectivity index (χ3n) is 8.03. The molecule has 2 saturated heterocycles. The Labute approximate surface area is 247 Å². The molecule has 3 aromatic rings. The van der Waals surface area contributed by atoms with Crippen LogP contribution in [0.1, 0.15) is 46.7 Å². The Bertz CT molecular complexity index is 1370. The maximum atomic E-state index is 12.1. The lowest BCUT2D eigenvalue weighted by Crippen LogP contribution is -2.37. The number of thiocarbonyl (C=S) groups is 1. The molecule has 0 saturated carbocycles. The highest BCUT2D eigenvalue weighted by Crippen LogP contribution is 2.44. The van der Waals surface area contributed by atoms with Gasteiger partial charge in [-0.1, -0.05) is 6.07 Å². The number of carbonyl (C=O) groups excluding carboxylic acids is 1. The number of methoxy groups -OCH3 is 1. The fourth-order valence-corrected chi connectivity index (χ4v) is 6.30. The van der Waals surface area contributed by atoms with E-state index in [1.54, 1.807) is 0 Å². The fourth-order valence-electron chi connectivity index (χ4n) is 5.95. The standard InChI is InChI=1S/C31H40N6O3S/c1-21-18-24(9-10-26(21)33-28(38)20-39-4)37-30(29(34-31(37)41)27-8-5-6-11-32-27)25-19-22(2)36(23(25)3)13-7-12-35-14-16-40-17-15-35/h5-6,8-11,18-19,29-30H,7,12-17,20H2,1-4H3,(H,33,38)(H,34,41)/t29-,30+/m1/s1. The van der Waals surface area contributed by atoms with Crippen molar-refractivity contribution in [3.8, 4) is 0 Å². The summed E-state index contributed by atoms with van der Waals surface area (Å²) < 4.78 is 12.9. The Morgan fingerprint density at radius 1 is 1.15 bits per heavy atom. The summed E-state index contributed by atoms with van der Waals surface area (Å²) in [6.45, 7) is 12.1. The van der Waals surface area contributed by atoms with Gasteiger partial charge in [-0.05, 0) is 86.9 Å². The molecule has 41 heavy (non-hydrogen) atoms. The maximum Gasteiger partial charge on any atom is 0.250 e. The third kappa shape index (κ3) is 6.46. The second kappa shape index (κ2) is 13.1. The van der Waals surface area contributed by atoms with Crippen LogP contribution in [0.2, 0.25) is 0 Å². The molecule has 10 heteroatoms. The van der Waals surface area contributed by atoms with Crippen molar-refractivity contribution in [3.05, 3.63) is 76.9 Å². The molecule has 2 N–H and O–H groups in total. The second-order valence-corrected chi connectivity index (χ2v) is 11.1. The molecule has 5 rings (SSSR count). The number of aromatic nitrogens is 2. The summed E-state index contributed by atoms with van der Waals surface area (Å²) in [4.78, 5) is 21.5. The van der Waals surface area contributed by atoms with Crippen LogP contribution in [0.15, 0.2) is 48.7 Å². The van der Waals surface area contributed by atoms with E-state index in [1.165, 1.54) is 24.1 Å². The lowest BCUT2D eigenvalue weighted by Gasteiger charge is -2.29. The number of nitrogens with one attached hydrogen (secondary N) is 2. The van der Waals surface area contributed by atoms with Crippen LogP contribution in [0.5, 0.6) is 0 Å². The predicted molar refractivity (Wildman–Crippen MR) is 165 cm³/mol. The summed E-state index contributed by atoms with van der Waals surface area (Å²) in [5.74, 6) is -0.184. The number of ether oxygens (including phenoxy) is 2. The molecule has 2 aliphatic rings. The Balaban J connectivity index is 1.46. The van der Waals surface area contributed by atoms with Gasteiger partial charge in [0.1, 0.15) is 6.61 Å². The number of hydrogen-bond acceptors (Lipinski definition) is 6. The molecule has 0 unspecified atom stereocenters. The second-order valence-electron chi connectivity index (χ2n) is 10.8. The third-order valence-corrected chi connectivity index (χ3v) is 8.34. The van der Waals surface area contributed by atoms with Gasteiger partial charge in [-0.25, -0.2) is 0 Å². The zero-order valence-corrected chi connectivity index (χ0v) is 25.2. The summed E-state index contributed by atoms with van der Waals surface area (Å²) in [7, 11) is 1.51. The van der Waals surface area contributed by atoms with Crippen molar-refractivity contribution in [1.29, 1.82) is 0 Å². The average molecular weight is 577 g/mol. The van der Waals surface area contributed by atoms with Crippen molar-refractivity contribution < 1.29 is 14.3 Å². The molecule has 1 amide bonds. The zero-order valence-electron chi connectivity index (χ0n) is 24.4. The molecule has 0 radical (unpaired) electrons. The van der Waals surface area contributed by atoms with Crippen molar-refractivity contribution in [2.75, 3.05) is 56.8 Å². The van der Waals surface area contributed by atoms with Crippen molar-refractivity contribution in [2.24, 2.45) is 0 Å². The van der Waals surface area contributed by atoms with E-state index in [-0.39, 0.29) is 24.6 Å². The van der Waals surface area contributed by atoms with E-state index in [1.807, 2.05) is 37.4 Å². The average Bonchev–Trinajstić information content (AvgIpc) is 3.46. The van der Waals surface area contributed by atoms with Crippen LogP contribution >= 0.6 is 12.2 Å². The van der Waals surface area contributed by atoms with E-state index >= 15 is 0 Å². The summed E-state index contributed by atoms with van der Waals surface area (Å²) in [6.07, 6.45) is 2.91. The van der Waals surface area contributed by atoms with Crippen LogP contribution in [-0.2, 0) is 20.8 Å². The van der Waals surface area contributed by atoms with Crippen LogP contribution in [0, 0.1) is 20.8 Å². The van der Waals surface area contributed by atoms with E-state index in [0.29, 0.717) is 5.11 Å². The van der Waals surface area contributed by atoms with Gasteiger partial charge in [-0.3, -0.25) is 14.7 Å². The number of carbonyl (C=O) groups is 1. The molecule has 0 spiro atoms. The Morgan fingerprint density at radius 2 is 1.95 bits per heavy atom. The molecule has 2 fully saturated rings. The largest absolute Gasteiger partial charge is 0.379 e. The minimum atomic E-state index is -0.184. The van der Waals surface area contributed by atoms with Gasteiger partial charge in [0.25, 0.3) is 0 Å². The molecule has 2 aromatic heterocycles. The molecular weight excluding hydrogens is 536 g/mol. The van der Waals surface area contributed by atoms with Gasteiger partial charge in [0, 0.05) is 62.2 Å². The topological polar surface area (TPSA) is 83.9 Å². The number of nitrogens with zero attached hydrogens (tertiary/aromatic N) is 4. The summed E-state index contributed by atoms with van der Waals surface area (Å²) in [6, 6.07) is 14.1. The van der Waals surface area contributed by atoms with Crippen LogP contribution in [-0.4, -0.2) is 72.0 Å². The van der Waals surface area contributed by atoms with Gasteiger partial charge in [-0.15, -0.1) is 0 Å². The highest BCUT2D eigenvalue weighted by atomic mass is 32.1. The molecule has 2 atom stereocenters. The lowest BCUT2D eigenvalue weighted by molar-refractivity contribution is -0.119. The fraction of sp³-hybridized carbons (Fsp3) is 0.452. The molecule has 1 aromatic carbocycles. The van der Waals surface area contributed by atoms with Crippen LogP contribution in [0.4, 0.5) is 11.4 Å². The van der Waals surface area contributed by atoms with Crippen molar-refractivity contribution in [1.82, 2.24) is 19.8 Å². The summed E-state index contributed by atoms with van der Waals surface area (Å²) in [5.41, 5.74) is 7.32. The molecule has 218 valence electrons. The number of rotatable bonds is 10. The van der Waals surface area contributed by atoms with Gasteiger partial charge in [0.2, 0.25) is 5.91 Å². The first-order valence-electron chi connectivity index (χ1n) is 14.2. The first-order chi connectivity index (χ1) is 19.9. The minimum absolute atomic E-state index is 0.0111. The zero-order chi connectivity index (χ0) is 28.9. The number of anilines is 2. The van der Waals surface area contributed by atoms with Gasteiger partial charge >= 0.3 is 0 Å². The molecular formula is C31H40N6O3S. The highest BCUT2D eigenvalue weighted by Gasteiger charge is 2.42. The number of hydrogen-bond donors (Lipinski definition) is 2. The predicted octanol–water partition coefficient (Wildman–Crippen LogP) is 4.29. The molecule has 0 bridgehead atoms. The summed E-state index contributed by atoms with van der Waals surface area (Å²) in [5, 5.41) is 7.15. The van der Waals surface area contributed by atoms with Crippen molar-refractivity contribution >= 4 is 34.6 Å². The monoisotopic (exact) mass is 576 g/mol. The Kier molecular flexibility index (Phi) is 9.34. The van der Waals surface area contributed by atoms with Gasteiger partial charge < -0.3 is 29.6 Å². The van der Waals surface area contributed by atoms with E-state index in [4.69, 9.17) is 26.7 Å². The first kappa shape index (κ1) is 29.2. The van der Waals surface area contributed by atoms with Crippen LogP contribution < -0.4 is 15.5 Å². The van der Waals surface area contributed by atoms with Gasteiger partial charge in [0.15, 0.2) is 5.11 Å². The van der Waals surface area contributed by atoms with E-state index in [2.05, 4.69) is 57.0 Å². The number of aryl methyl sites for hydroxylation is 2. The maximum absolute atomic E-state index is 12.1. The van der Waals surface area contributed by atoms with Crippen molar-refractivity contribution in [3.63, 3.8) is 0 Å². The van der Waals surface area contributed by atoms with E-state index in [9.17, 15) is 4.79 Å². The quantitative estimate of drug-likeness (QED) is 0.346. The summed E-state index contributed by atoms with van der Waals surface area (Å²) >= 11 is 5.96. The van der Waals surface area contributed by atoms with E-state index < -0.39 is 0 Å². The minimum Gasteiger partial charge on any atom is -0.379 e. The SMILES string of the molecule is COCC(=O)Nc1ccc(N2C(=S)N[C@H](c3ccccn3)[C@@H]2c2cc(C)n(CCCN3CCOCC3)c2C)cc1C. The van der Waals surface area contributed by atoms with Gasteiger partial charge in [-0.2, -0.15) is 0 Å². The molecule has 2 aliphatic heterocycles. The Hall–Kier alpha value is -3.31. The molecule has 9 nitrogen and oxygen atoms in total. The van der Waals surface area contributed by atoms with Gasteiger partial charge in [0.05, 0.1) is 31.0 Å². The normalized spacial score (nSPS) is 19.4. The van der Waals surface area contributed by atoms with Crippen LogP contribution in [0.3, 0.4) is 0 Å². The Morgan fingerprint density at radius 3 is 2.66 bits per heavy atom. The lowest BCUT2D eigenvalue weighted by atomic mass is 9.96. The number of pyridine rings is 1. The van der Waals surface area contributed by atoms with Crippen molar-refractivity contribution in [2.45, 2.75) is 45.8 Å². The number of benzene rings is 1. The highest BCUT2D eigenvalue weighted by molar-refractivity contribution is 7.80. The van der Waals surface area contributed by atoms with E-state index in [0.717, 1.165) is 68.4 Å².